The predicted octanol–water partition coefficient (Wildman–Crippen LogP) is 3.81. The van der Waals surface area contributed by atoms with E-state index in [9.17, 15) is 13.2 Å². The van der Waals surface area contributed by atoms with Gasteiger partial charge in [0.25, 0.3) is 0 Å². The van der Waals surface area contributed by atoms with Gasteiger partial charge in [0.05, 0.1) is 28.3 Å². The van der Waals surface area contributed by atoms with Crippen LogP contribution >= 0.6 is 22.9 Å². The Balaban J connectivity index is 1.45. The predicted molar refractivity (Wildman–Crippen MR) is 127 cm³/mol. The molecule has 2 aliphatic rings. The van der Waals surface area contributed by atoms with Gasteiger partial charge < -0.3 is 10.1 Å². The smallest absolute Gasteiger partial charge is 0.243 e. The zero-order valence-electron chi connectivity index (χ0n) is 17.8. The van der Waals surface area contributed by atoms with Crippen molar-refractivity contribution in [2.45, 2.75) is 43.2 Å². The number of nitrogens with zero attached hydrogens (tertiary/aromatic N) is 2. The van der Waals surface area contributed by atoms with Gasteiger partial charge in [-0.15, -0.1) is 11.3 Å². The van der Waals surface area contributed by atoms with E-state index in [2.05, 4.69) is 16.3 Å². The SMILES string of the molecule is O=C(CN(Cc1cccs1)C[C@H]1CCCO1)Nc1cc(S(=O)(=O)N2CCCC2)ccc1Cl. The first kappa shape index (κ1) is 23.7. The third kappa shape index (κ3) is 5.89. The number of benzene rings is 1. The number of hydrogen-bond acceptors (Lipinski definition) is 6. The molecule has 2 saturated heterocycles. The molecule has 32 heavy (non-hydrogen) atoms. The maximum absolute atomic E-state index is 12.9. The Kier molecular flexibility index (Phi) is 7.86. The van der Waals surface area contributed by atoms with Crippen LogP contribution in [0.4, 0.5) is 5.69 Å². The summed E-state index contributed by atoms with van der Waals surface area (Å²) in [4.78, 5) is 16.3. The second-order valence-electron chi connectivity index (χ2n) is 8.19. The van der Waals surface area contributed by atoms with Crippen LogP contribution < -0.4 is 5.32 Å². The molecule has 0 radical (unpaired) electrons. The van der Waals surface area contributed by atoms with Crippen molar-refractivity contribution in [3.63, 3.8) is 0 Å². The summed E-state index contributed by atoms with van der Waals surface area (Å²) in [5, 5.41) is 5.14. The van der Waals surface area contributed by atoms with Crippen LogP contribution in [0.25, 0.3) is 0 Å². The molecule has 4 rings (SSSR count). The fourth-order valence-corrected chi connectivity index (χ4v) is 6.57. The molecule has 174 valence electrons. The average Bonchev–Trinajstić information content (AvgIpc) is 3.53. The Morgan fingerprint density at radius 1 is 1.25 bits per heavy atom. The molecule has 2 aliphatic heterocycles. The lowest BCUT2D eigenvalue weighted by Gasteiger charge is -2.24. The minimum absolute atomic E-state index is 0.125. The topological polar surface area (TPSA) is 79.0 Å². The third-order valence-electron chi connectivity index (χ3n) is 5.73. The summed E-state index contributed by atoms with van der Waals surface area (Å²) in [6, 6.07) is 8.52. The number of rotatable bonds is 9. The lowest BCUT2D eigenvalue weighted by Crippen LogP contribution is -2.37. The van der Waals surface area contributed by atoms with Gasteiger partial charge in [-0.1, -0.05) is 17.7 Å². The molecule has 10 heteroatoms. The van der Waals surface area contributed by atoms with Crippen LogP contribution in [0.1, 0.15) is 30.6 Å². The number of halogens is 1. The number of anilines is 1. The van der Waals surface area contributed by atoms with Crippen LogP contribution in [0, 0.1) is 0 Å². The van der Waals surface area contributed by atoms with Gasteiger partial charge in [-0.05, 0) is 55.3 Å². The minimum Gasteiger partial charge on any atom is -0.377 e. The number of amides is 1. The van der Waals surface area contributed by atoms with Gasteiger partial charge in [0, 0.05) is 37.7 Å². The van der Waals surface area contributed by atoms with Gasteiger partial charge in [0.15, 0.2) is 0 Å². The molecule has 3 heterocycles. The van der Waals surface area contributed by atoms with Crippen molar-refractivity contribution in [2.24, 2.45) is 0 Å². The Morgan fingerprint density at radius 2 is 2.06 bits per heavy atom. The molecule has 1 amide bonds. The second kappa shape index (κ2) is 10.6. The van der Waals surface area contributed by atoms with Gasteiger partial charge in [-0.25, -0.2) is 8.42 Å². The van der Waals surface area contributed by atoms with Crippen molar-refractivity contribution in [3.8, 4) is 0 Å². The molecule has 1 atom stereocenters. The summed E-state index contributed by atoms with van der Waals surface area (Å²) in [6.45, 7) is 3.29. The van der Waals surface area contributed by atoms with Gasteiger partial charge in [-0.3, -0.25) is 9.69 Å². The largest absolute Gasteiger partial charge is 0.377 e. The molecule has 0 aliphatic carbocycles. The number of hydrogen-bond donors (Lipinski definition) is 1. The molecule has 1 aromatic carbocycles. The van der Waals surface area contributed by atoms with Crippen LogP contribution in [0.3, 0.4) is 0 Å². The minimum atomic E-state index is -3.59. The summed E-state index contributed by atoms with van der Waals surface area (Å²) in [5.41, 5.74) is 0.310. The van der Waals surface area contributed by atoms with Crippen molar-refractivity contribution in [2.75, 3.05) is 38.1 Å². The number of thiophene rings is 1. The number of sulfonamides is 1. The van der Waals surface area contributed by atoms with Crippen LogP contribution in [-0.2, 0) is 26.1 Å². The maximum atomic E-state index is 12.9. The molecule has 0 spiro atoms. The molecule has 7 nitrogen and oxygen atoms in total. The number of nitrogens with one attached hydrogen (secondary N) is 1. The van der Waals surface area contributed by atoms with Gasteiger partial charge in [-0.2, -0.15) is 4.31 Å². The van der Waals surface area contributed by atoms with Crippen molar-refractivity contribution < 1.29 is 17.9 Å². The molecule has 0 unspecified atom stereocenters. The summed E-state index contributed by atoms with van der Waals surface area (Å²) < 4.78 is 33.0. The van der Waals surface area contributed by atoms with E-state index in [0.717, 1.165) is 32.3 Å². The van der Waals surface area contributed by atoms with Crippen LogP contribution in [0.15, 0.2) is 40.6 Å². The van der Waals surface area contributed by atoms with E-state index in [4.69, 9.17) is 16.3 Å². The molecule has 0 saturated carbocycles. The first-order chi connectivity index (χ1) is 15.4. The fraction of sp³-hybridized carbons (Fsp3) is 0.500. The number of carbonyl (C=O) groups is 1. The van der Waals surface area contributed by atoms with Gasteiger partial charge >= 0.3 is 0 Å². The van der Waals surface area contributed by atoms with Crippen molar-refractivity contribution in [1.82, 2.24) is 9.21 Å². The molecule has 1 N–H and O–H groups in total. The number of carbonyl (C=O) groups excluding carboxylic acids is 1. The summed E-state index contributed by atoms with van der Waals surface area (Å²) in [5.74, 6) is -0.239. The average molecular weight is 498 g/mol. The van der Waals surface area contributed by atoms with E-state index < -0.39 is 10.0 Å². The monoisotopic (exact) mass is 497 g/mol. The zero-order chi connectivity index (χ0) is 22.6. The standard InChI is InChI=1S/C22H28ClN3O4S2/c23-20-8-7-19(32(28,29)26-9-1-2-10-26)13-21(20)24-22(27)16-25(14-17-5-3-11-30-17)15-18-6-4-12-31-18/h4,6-8,12-13,17H,1-3,5,9-11,14-16H2,(H,24,27)/t17-/m1/s1. The van der Waals surface area contributed by atoms with E-state index in [0.29, 0.717) is 36.9 Å². The molecule has 0 bridgehead atoms. The fourth-order valence-electron chi connectivity index (χ4n) is 4.12. The highest BCUT2D eigenvalue weighted by atomic mass is 35.5. The van der Waals surface area contributed by atoms with Crippen molar-refractivity contribution in [1.29, 1.82) is 0 Å². The normalized spacial score (nSPS) is 19.6. The lowest BCUT2D eigenvalue weighted by molar-refractivity contribution is -0.117. The maximum Gasteiger partial charge on any atom is 0.243 e. The van der Waals surface area contributed by atoms with Crippen LogP contribution in [0.5, 0.6) is 0 Å². The Labute approximate surface area is 198 Å². The van der Waals surface area contributed by atoms with E-state index >= 15 is 0 Å². The quantitative estimate of drug-likeness (QED) is 0.570. The van der Waals surface area contributed by atoms with Crippen molar-refractivity contribution >= 4 is 44.6 Å². The van der Waals surface area contributed by atoms with E-state index in [-0.39, 0.29) is 23.5 Å². The Morgan fingerprint density at radius 3 is 2.75 bits per heavy atom. The van der Waals surface area contributed by atoms with Gasteiger partial charge in [0.1, 0.15) is 0 Å². The third-order valence-corrected chi connectivity index (χ3v) is 8.81. The second-order valence-corrected chi connectivity index (χ2v) is 11.6. The molecule has 2 fully saturated rings. The highest BCUT2D eigenvalue weighted by Gasteiger charge is 2.28. The summed E-state index contributed by atoms with van der Waals surface area (Å²) in [7, 11) is -3.59. The van der Waals surface area contributed by atoms with Gasteiger partial charge in [0.2, 0.25) is 15.9 Å². The van der Waals surface area contributed by atoms with Crippen molar-refractivity contribution in [3.05, 3.63) is 45.6 Å². The summed E-state index contributed by atoms with van der Waals surface area (Å²) >= 11 is 7.94. The molecular weight excluding hydrogens is 470 g/mol. The van der Waals surface area contributed by atoms with Crippen LogP contribution in [0.2, 0.25) is 5.02 Å². The highest BCUT2D eigenvalue weighted by Crippen LogP contribution is 2.28. The molecule has 2 aromatic rings. The molecular formula is C22H28ClN3O4S2. The highest BCUT2D eigenvalue weighted by molar-refractivity contribution is 7.89. The Bertz CT molecular complexity index is 1020. The Hall–Kier alpha value is -1.49. The summed E-state index contributed by atoms with van der Waals surface area (Å²) in [6.07, 6.45) is 3.88. The zero-order valence-corrected chi connectivity index (χ0v) is 20.2. The van der Waals surface area contributed by atoms with E-state index in [1.165, 1.54) is 27.4 Å². The van der Waals surface area contributed by atoms with E-state index in [1.807, 2.05) is 11.4 Å². The van der Waals surface area contributed by atoms with E-state index in [1.54, 1.807) is 11.3 Å². The number of ether oxygens (including phenoxy) is 1. The van der Waals surface area contributed by atoms with Crippen LogP contribution in [-0.4, -0.2) is 62.4 Å². The first-order valence-corrected chi connectivity index (χ1v) is 13.6. The lowest BCUT2D eigenvalue weighted by atomic mass is 10.2. The first-order valence-electron chi connectivity index (χ1n) is 10.9. The molecule has 1 aromatic heterocycles.